The number of hydrogen-bond acceptors (Lipinski definition) is 3. The first-order valence-electron chi connectivity index (χ1n) is 8.86. The van der Waals surface area contributed by atoms with E-state index in [4.69, 9.17) is 0 Å². The van der Waals surface area contributed by atoms with Crippen LogP contribution in [0.25, 0.3) is 0 Å². The molecule has 0 atom stereocenters. The molecule has 1 aromatic rings. The molecule has 0 aliphatic rings. The molecular weight excluding hydrogens is 288 g/mol. The van der Waals surface area contributed by atoms with E-state index in [1.54, 1.807) is 0 Å². The van der Waals surface area contributed by atoms with Crippen LogP contribution in [0.15, 0.2) is 24.3 Å². The number of ketones is 1. The van der Waals surface area contributed by atoms with Crippen LogP contribution >= 0.6 is 0 Å². The Morgan fingerprint density at radius 3 is 2.17 bits per heavy atom. The molecule has 0 aromatic heterocycles. The van der Waals surface area contributed by atoms with Gasteiger partial charge in [-0.1, -0.05) is 56.9 Å². The molecule has 0 unspecified atom stereocenters. The van der Waals surface area contributed by atoms with Crippen molar-refractivity contribution in [3.8, 4) is 0 Å². The summed E-state index contributed by atoms with van der Waals surface area (Å²) in [6.45, 7) is 2.23. The van der Waals surface area contributed by atoms with E-state index in [9.17, 15) is 9.59 Å². The van der Waals surface area contributed by atoms with E-state index in [-0.39, 0.29) is 11.8 Å². The number of benzene rings is 1. The molecule has 0 aliphatic carbocycles. The summed E-state index contributed by atoms with van der Waals surface area (Å²) < 4.78 is 4.58. The minimum absolute atomic E-state index is 0.157. The maximum atomic E-state index is 12.1. The van der Waals surface area contributed by atoms with Gasteiger partial charge < -0.3 is 4.74 Å². The fourth-order valence-corrected chi connectivity index (χ4v) is 2.59. The Labute approximate surface area is 140 Å². The van der Waals surface area contributed by atoms with Crippen LogP contribution < -0.4 is 0 Å². The molecule has 0 radical (unpaired) electrons. The fourth-order valence-electron chi connectivity index (χ4n) is 2.59. The Hall–Kier alpha value is -1.64. The Morgan fingerprint density at radius 1 is 0.870 bits per heavy atom. The van der Waals surface area contributed by atoms with Crippen LogP contribution in [0.1, 0.15) is 80.6 Å². The lowest BCUT2D eigenvalue weighted by molar-refractivity contribution is -0.140. The summed E-state index contributed by atoms with van der Waals surface area (Å²) in [5.74, 6) is -0.0508. The maximum Gasteiger partial charge on any atom is 0.305 e. The van der Waals surface area contributed by atoms with Crippen molar-refractivity contribution in [1.82, 2.24) is 0 Å². The number of methoxy groups -OCH3 is 1. The molecule has 0 saturated carbocycles. The van der Waals surface area contributed by atoms with Gasteiger partial charge >= 0.3 is 5.97 Å². The van der Waals surface area contributed by atoms with Crippen molar-refractivity contribution >= 4 is 11.8 Å². The standard InChI is InChI=1S/C20H30O3/c1-3-4-5-6-7-10-17-13-15-18(16-14-17)19(21)11-8-9-12-20(22)23-2/h13-16H,3-12H2,1-2H3. The third kappa shape index (κ3) is 8.53. The predicted octanol–water partition coefficient (Wildman–Crippen LogP) is 5.12. The monoisotopic (exact) mass is 318 g/mol. The molecule has 0 heterocycles. The second-order valence-corrected chi connectivity index (χ2v) is 6.07. The molecule has 0 aliphatic heterocycles. The molecule has 0 bridgehead atoms. The van der Waals surface area contributed by atoms with Crippen LogP contribution in [0.5, 0.6) is 0 Å². The summed E-state index contributed by atoms with van der Waals surface area (Å²) in [5.41, 5.74) is 2.08. The van der Waals surface area contributed by atoms with Crippen LogP contribution in [0, 0.1) is 0 Å². The second-order valence-electron chi connectivity index (χ2n) is 6.07. The average Bonchev–Trinajstić information content (AvgIpc) is 2.58. The van der Waals surface area contributed by atoms with Gasteiger partial charge in [-0.05, 0) is 31.2 Å². The molecule has 0 amide bonds. The molecule has 23 heavy (non-hydrogen) atoms. The van der Waals surface area contributed by atoms with E-state index in [2.05, 4.69) is 23.8 Å². The van der Waals surface area contributed by atoms with Crippen LogP contribution in [-0.2, 0) is 16.0 Å². The van der Waals surface area contributed by atoms with Gasteiger partial charge in [-0.15, -0.1) is 0 Å². The van der Waals surface area contributed by atoms with Gasteiger partial charge in [0.1, 0.15) is 0 Å². The number of esters is 1. The number of unbranched alkanes of at least 4 members (excludes halogenated alkanes) is 5. The Kier molecular flexibility index (Phi) is 10.0. The molecule has 3 nitrogen and oxygen atoms in total. The van der Waals surface area contributed by atoms with Crippen LogP contribution in [0.4, 0.5) is 0 Å². The third-order valence-electron chi connectivity index (χ3n) is 4.11. The summed E-state index contributed by atoms with van der Waals surface area (Å²) in [6.07, 6.45) is 9.83. The van der Waals surface area contributed by atoms with Crippen LogP contribution in [0.3, 0.4) is 0 Å². The zero-order chi connectivity index (χ0) is 16.9. The number of hydrogen-bond donors (Lipinski definition) is 0. The van der Waals surface area contributed by atoms with Crippen molar-refractivity contribution in [3.63, 3.8) is 0 Å². The number of rotatable bonds is 12. The van der Waals surface area contributed by atoms with Gasteiger partial charge in [0.05, 0.1) is 7.11 Å². The van der Waals surface area contributed by atoms with Gasteiger partial charge in [0.25, 0.3) is 0 Å². The normalized spacial score (nSPS) is 10.5. The van der Waals surface area contributed by atoms with Gasteiger partial charge in [-0.3, -0.25) is 9.59 Å². The second kappa shape index (κ2) is 11.9. The van der Waals surface area contributed by atoms with Crippen molar-refractivity contribution in [3.05, 3.63) is 35.4 Å². The van der Waals surface area contributed by atoms with Crippen molar-refractivity contribution in [2.24, 2.45) is 0 Å². The highest BCUT2D eigenvalue weighted by Crippen LogP contribution is 2.13. The first-order valence-corrected chi connectivity index (χ1v) is 8.86. The zero-order valence-electron chi connectivity index (χ0n) is 14.6. The Morgan fingerprint density at radius 2 is 1.52 bits per heavy atom. The quantitative estimate of drug-likeness (QED) is 0.305. The van der Waals surface area contributed by atoms with Crippen molar-refractivity contribution in [2.75, 3.05) is 7.11 Å². The zero-order valence-corrected chi connectivity index (χ0v) is 14.6. The van der Waals surface area contributed by atoms with Crippen molar-refractivity contribution in [2.45, 2.75) is 71.1 Å². The number of aryl methyl sites for hydroxylation is 1. The van der Waals surface area contributed by atoms with E-state index >= 15 is 0 Å². The molecule has 128 valence electrons. The lowest BCUT2D eigenvalue weighted by Gasteiger charge is -2.04. The summed E-state index contributed by atoms with van der Waals surface area (Å²) >= 11 is 0. The van der Waals surface area contributed by atoms with Crippen LogP contribution in [0.2, 0.25) is 0 Å². The summed E-state index contributed by atoms with van der Waals surface area (Å²) in [6, 6.07) is 8.01. The topological polar surface area (TPSA) is 43.4 Å². The third-order valence-corrected chi connectivity index (χ3v) is 4.11. The average molecular weight is 318 g/mol. The van der Waals surface area contributed by atoms with Gasteiger partial charge in [0.15, 0.2) is 5.78 Å². The highest BCUT2D eigenvalue weighted by molar-refractivity contribution is 5.96. The molecule has 0 fully saturated rings. The molecule has 0 N–H and O–H groups in total. The van der Waals surface area contributed by atoms with Gasteiger partial charge in [-0.25, -0.2) is 0 Å². The minimum atomic E-state index is -0.208. The van der Waals surface area contributed by atoms with Gasteiger partial charge in [0.2, 0.25) is 0 Å². The summed E-state index contributed by atoms with van der Waals surface area (Å²) in [4.78, 5) is 23.1. The molecule has 3 heteroatoms. The molecule has 0 saturated heterocycles. The van der Waals surface area contributed by atoms with E-state index in [1.807, 2.05) is 12.1 Å². The first kappa shape index (κ1) is 19.4. The smallest absolute Gasteiger partial charge is 0.305 e. The van der Waals surface area contributed by atoms with Crippen molar-refractivity contribution < 1.29 is 14.3 Å². The fraction of sp³-hybridized carbons (Fsp3) is 0.600. The number of Topliss-reactive ketones (excluding diaryl/α,β-unsaturated/α-hetero) is 1. The SMILES string of the molecule is CCCCCCCc1ccc(C(=O)CCCCC(=O)OC)cc1. The largest absolute Gasteiger partial charge is 0.469 e. The maximum absolute atomic E-state index is 12.1. The Balaban J connectivity index is 2.26. The molecule has 1 aromatic carbocycles. The van der Waals surface area contributed by atoms with E-state index in [1.165, 1.54) is 44.8 Å². The lowest BCUT2D eigenvalue weighted by Crippen LogP contribution is -2.02. The van der Waals surface area contributed by atoms with Crippen molar-refractivity contribution in [1.29, 1.82) is 0 Å². The summed E-state index contributed by atoms with van der Waals surface area (Å²) in [7, 11) is 1.39. The van der Waals surface area contributed by atoms with Crippen LogP contribution in [-0.4, -0.2) is 18.9 Å². The minimum Gasteiger partial charge on any atom is -0.469 e. The number of ether oxygens (including phenoxy) is 1. The number of carbonyl (C=O) groups is 2. The van der Waals surface area contributed by atoms with E-state index < -0.39 is 0 Å². The highest BCUT2D eigenvalue weighted by Gasteiger charge is 2.07. The van der Waals surface area contributed by atoms with Gasteiger partial charge in [-0.2, -0.15) is 0 Å². The van der Waals surface area contributed by atoms with E-state index in [0.29, 0.717) is 19.3 Å². The lowest BCUT2D eigenvalue weighted by atomic mass is 10.0. The summed E-state index contributed by atoms with van der Waals surface area (Å²) in [5, 5.41) is 0. The highest BCUT2D eigenvalue weighted by atomic mass is 16.5. The molecule has 1 rings (SSSR count). The first-order chi connectivity index (χ1) is 11.2. The number of carbonyl (C=O) groups excluding carboxylic acids is 2. The molecular formula is C20H30O3. The molecule has 0 spiro atoms. The predicted molar refractivity (Wildman–Crippen MR) is 93.7 cm³/mol. The van der Waals surface area contributed by atoms with E-state index in [0.717, 1.165) is 18.4 Å². The van der Waals surface area contributed by atoms with Gasteiger partial charge in [0, 0.05) is 18.4 Å². The Bertz CT molecular complexity index is 462.